The van der Waals surface area contributed by atoms with Crippen molar-refractivity contribution < 1.29 is 14.6 Å². The third kappa shape index (κ3) is 2.38. The lowest BCUT2D eigenvalue weighted by atomic mass is 9.97. The molecule has 0 radical (unpaired) electrons. The maximum absolute atomic E-state index is 11.7. The number of hydrogen-bond donors (Lipinski definition) is 1. The van der Waals surface area contributed by atoms with Gasteiger partial charge in [-0.1, -0.05) is 6.08 Å². The molecule has 2 heterocycles. The first kappa shape index (κ1) is 12.6. The molecule has 2 saturated heterocycles. The highest BCUT2D eigenvalue weighted by molar-refractivity contribution is 5.87. The van der Waals surface area contributed by atoms with Crippen LogP contribution in [0.25, 0.3) is 0 Å². The summed E-state index contributed by atoms with van der Waals surface area (Å²) in [5.41, 5.74) is 0.655. The first-order valence-electron chi connectivity index (χ1n) is 6.36. The Bertz CT molecular complexity index is 327. The molecular weight excluding hydrogens is 218 g/mol. The molecule has 0 aromatic carbocycles. The second-order valence-electron chi connectivity index (χ2n) is 4.96. The fourth-order valence-electron chi connectivity index (χ4n) is 2.89. The molecule has 0 aliphatic carbocycles. The molecule has 3 atom stereocenters. The van der Waals surface area contributed by atoms with Crippen molar-refractivity contribution in [3.8, 4) is 0 Å². The SMILES string of the molecule is C/C=C(\C)C(=O)O[C@@H]1CCN2CC[C@H](CO)C12. The van der Waals surface area contributed by atoms with E-state index in [1.54, 1.807) is 13.0 Å². The van der Waals surface area contributed by atoms with E-state index in [9.17, 15) is 9.90 Å². The minimum atomic E-state index is -0.220. The predicted molar refractivity (Wildman–Crippen MR) is 64.5 cm³/mol. The molecule has 0 saturated carbocycles. The lowest BCUT2D eigenvalue weighted by molar-refractivity contribution is -0.145. The second kappa shape index (κ2) is 5.19. The van der Waals surface area contributed by atoms with E-state index in [4.69, 9.17) is 4.74 Å². The van der Waals surface area contributed by atoms with E-state index in [0.29, 0.717) is 5.57 Å². The Labute approximate surface area is 102 Å². The van der Waals surface area contributed by atoms with Gasteiger partial charge in [0, 0.05) is 24.6 Å². The molecule has 96 valence electrons. The van der Waals surface area contributed by atoms with E-state index >= 15 is 0 Å². The van der Waals surface area contributed by atoms with Crippen LogP contribution in [0.15, 0.2) is 11.6 Å². The van der Waals surface area contributed by atoms with Gasteiger partial charge in [-0.25, -0.2) is 4.79 Å². The summed E-state index contributed by atoms with van der Waals surface area (Å²) in [7, 11) is 0. The summed E-state index contributed by atoms with van der Waals surface area (Å²) in [4.78, 5) is 14.1. The Hall–Kier alpha value is -0.870. The summed E-state index contributed by atoms with van der Waals surface area (Å²) in [6.07, 6.45) is 3.63. The summed E-state index contributed by atoms with van der Waals surface area (Å²) in [5, 5.41) is 9.34. The van der Waals surface area contributed by atoms with Gasteiger partial charge in [0.05, 0.1) is 6.04 Å². The number of rotatable bonds is 3. The van der Waals surface area contributed by atoms with Crippen molar-refractivity contribution in [2.45, 2.75) is 38.8 Å². The average Bonchev–Trinajstić information content (AvgIpc) is 2.90. The maximum Gasteiger partial charge on any atom is 0.333 e. The largest absolute Gasteiger partial charge is 0.457 e. The van der Waals surface area contributed by atoms with Gasteiger partial charge in [0.1, 0.15) is 6.10 Å². The Balaban J connectivity index is 2.00. The monoisotopic (exact) mass is 239 g/mol. The van der Waals surface area contributed by atoms with Crippen LogP contribution in [-0.4, -0.2) is 47.8 Å². The molecule has 1 N–H and O–H groups in total. The second-order valence-corrected chi connectivity index (χ2v) is 4.96. The number of carbonyl (C=O) groups is 1. The highest BCUT2D eigenvalue weighted by atomic mass is 16.5. The summed E-state index contributed by atoms with van der Waals surface area (Å²) in [5.74, 6) is 0.0455. The highest BCUT2D eigenvalue weighted by Crippen LogP contribution is 2.34. The number of allylic oxidation sites excluding steroid dienone is 1. The van der Waals surface area contributed by atoms with Crippen LogP contribution >= 0.6 is 0 Å². The molecule has 2 aliphatic rings. The van der Waals surface area contributed by atoms with Crippen molar-refractivity contribution in [1.29, 1.82) is 0 Å². The van der Waals surface area contributed by atoms with Crippen molar-refractivity contribution in [2.75, 3.05) is 19.7 Å². The fraction of sp³-hybridized carbons (Fsp3) is 0.769. The summed E-state index contributed by atoms with van der Waals surface area (Å²) in [6.45, 7) is 5.80. The average molecular weight is 239 g/mol. The number of esters is 1. The van der Waals surface area contributed by atoms with Gasteiger partial charge in [-0.15, -0.1) is 0 Å². The molecule has 0 bridgehead atoms. The van der Waals surface area contributed by atoms with Crippen LogP contribution in [0.3, 0.4) is 0 Å². The topological polar surface area (TPSA) is 49.8 Å². The first-order chi connectivity index (χ1) is 8.17. The summed E-state index contributed by atoms with van der Waals surface area (Å²) in [6, 6.07) is 0.230. The van der Waals surface area contributed by atoms with Crippen LogP contribution in [0.4, 0.5) is 0 Å². The Kier molecular flexibility index (Phi) is 3.84. The molecule has 2 rings (SSSR count). The van der Waals surface area contributed by atoms with Crippen LogP contribution in [0.1, 0.15) is 26.7 Å². The van der Waals surface area contributed by atoms with Crippen molar-refractivity contribution in [1.82, 2.24) is 4.90 Å². The van der Waals surface area contributed by atoms with E-state index in [-0.39, 0.29) is 30.6 Å². The Morgan fingerprint density at radius 3 is 2.82 bits per heavy atom. The van der Waals surface area contributed by atoms with E-state index in [1.165, 1.54) is 0 Å². The molecule has 4 heteroatoms. The van der Waals surface area contributed by atoms with Crippen molar-refractivity contribution in [3.05, 3.63) is 11.6 Å². The minimum Gasteiger partial charge on any atom is -0.457 e. The third-order valence-corrected chi connectivity index (χ3v) is 4.02. The number of carbonyl (C=O) groups excluding carboxylic acids is 1. The van der Waals surface area contributed by atoms with Gasteiger partial charge in [0.25, 0.3) is 0 Å². The lowest BCUT2D eigenvalue weighted by Gasteiger charge is -2.25. The number of fused-ring (bicyclic) bond motifs is 1. The van der Waals surface area contributed by atoms with Crippen LogP contribution in [-0.2, 0) is 9.53 Å². The van der Waals surface area contributed by atoms with E-state index in [1.807, 2.05) is 6.92 Å². The van der Waals surface area contributed by atoms with Gasteiger partial charge in [0.15, 0.2) is 0 Å². The maximum atomic E-state index is 11.7. The van der Waals surface area contributed by atoms with Crippen molar-refractivity contribution in [2.24, 2.45) is 5.92 Å². The van der Waals surface area contributed by atoms with E-state index < -0.39 is 0 Å². The molecule has 0 spiro atoms. The normalized spacial score (nSPS) is 33.8. The summed E-state index contributed by atoms with van der Waals surface area (Å²) >= 11 is 0. The van der Waals surface area contributed by atoms with Crippen LogP contribution in [0.5, 0.6) is 0 Å². The molecule has 2 aliphatic heterocycles. The molecule has 17 heavy (non-hydrogen) atoms. The number of aliphatic hydroxyl groups excluding tert-OH is 1. The number of hydrogen-bond acceptors (Lipinski definition) is 4. The lowest BCUT2D eigenvalue weighted by Crippen LogP contribution is -2.38. The Morgan fingerprint density at radius 1 is 1.47 bits per heavy atom. The Morgan fingerprint density at radius 2 is 2.18 bits per heavy atom. The third-order valence-electron chi connectivity index (χ3n) is 4.02. The van der Waals surface area contributed by atoms with Gasteiger partial charge < -0.3 is 9.84 Å². The highest BCUT2D eigenvalue weighted by Gasteiger charge is 2.45. The van der Waals surface area contributed by atoms with E-state index in [0.717, 1.165) is 25.9 Å². The van der Waals surface area contributed by atoms with Crippen molar-refractivity contribution in [3.63, 3.8) is 0 Å². The predicted octanol–water partition coefficient (Wildman–Crippen LogP) is 0.951. The standard InChI is InChI=1S/C13H21NO3/c1-3-9(2)13(16)17-11-5-7-14-6-4-10(8-15)12(11)14/h3,10-12,15H,4-8H2,1-2H3/b9-3+/t10-,11-,12?/m1/s1. The molecular formula is C13H21NO3. The molecule has 4 nitrogen and oxygen atoms in total. The van der Waals surface area contributed by atoms with Crippen molar-refractivity contribution >= 4 is 5.97 Å². The smallest absolute Gasteiger partial charge is 0.333 e. The number of nitrogens with zero attached hydrogens (tertiary/aromatic N) is 1. The van der Waals surface area contributed by atoms with Gasteiger partial charge in [-0.3, -0.25) is 4.90 Å². The summed E-state index contributed by atoms with van der Waals surface area (Å²) < 4.78 is 5.55. The van der Waals surface area contributed by atoms with Gasteiger partial charge >= 0.3 is 5.97 Å². The van der Waals surface area contributed by atoms with Crippen LogP contribution in [0, 0.1) is 5.92 Å². The molecule has 0 aromatic heterocycles. The molecule has 2 fully saturated rings. The first-order valence-corrected chi connectivity index (χ1v) is 6.36. The van der Waals surface area contributed by atoms with Gasteiger partial charge in [-0.2, -0.15) is 0 Å². The zero-order valence-corrected chi connectivity index (χ0v) is 10.6. The zero-order chi connectivity index (χ0) is 12.4. The molecule has 0 aromatic rings. The van der Waals surface area contributed by atoms with Crippen LogP contribution < -0.4 is 0 Å². The van der Waals surface area contributed by atoms with Gasteiger partial charge in [0.2, 0.25) is 0 Å². The van der Waals surface area contributed by atoms with E-state index in [2.05, 4.69) is 4.90 Å². The minimum absolute atomic E-state index is 0.0444. The zero-order valence-electron chi connectivity index (χ0n) is 10.6. The number of aliphatic hydroxyl groups is 1. The number of ether oxygens (including phenoxy) is 1. The molecule has 0 amide bonds. The van der Waals surface area contributed by atoms with Gasteiger partial charge in [-0.05, 0) is 33.2 Å². The fourth-order valence-corrected chi connectivity index (χ4v) is 2.89. The molecule has 1 unspecified atom stereocenters. The quantitative estimate of drug-likeness (QED) is 0.588. The van der Waals surface area contributed by atoms with Crippen LogP contribution in [0.2, 0.25) is 0 Å².